The number of alkyl halides is 3. The summed E-state index contributed by atoms with van der Waals surface area (Å²) in [7, 11) is 0. The summed E-state index contributed by atoms with van der Waals surface area (Å²) in [5.41, 5.74) is 2.48. The Hall–Kier alpha value is -3.73. The Bertz CT molecular complexity index is 1440. The molecule has 0 saturated carbocycles. The highest BCUT2D eigenvalue weighted by atomic mass is 35.5. The van der Waals surface area contributed by atoms with E-state index in [-0.39, 0.29) is 11.5 Å². The van der Waals surface area contributed by atoms with Crippen LogP contribution in [0.3, 0.4) is 0 Å². The van der Waals surface area contributed by atoms with Crippen molar-refractivity contribution in [3.63, 3.8) is 0 Å². The van der Waals surface area contributed by atoms with Crippen molar-refractivity contribution in [1.82, 2.24) is 10.3 Å². The molecule has 0 aliphatic carbocycles. The van der Waals surface area contributed by atoms with Gasteiger partial charge in [-0.15, -0.1) is 11.3 Å². The summed E-state index contributed by atoms with van der Waals surface area (Å²) in [5, 5.41) is 23.7. The molecular formula is C28H22ClF3N2O4S. The number of carbonyl (C=O) groups is 2. The van der Waals surface area contributed by atoms with Gasteiger partial charge in [0.1, 0.15) is 11.2 Å². The maximum atomic E-state index is 12.9. The van der Waals surface area contributed by atoms with Crippen LogP contribution in [0, 0.1) is 0 Å². The number of amides is 1. The van der Waals surface area contributed by atoms with E-state index in [1.165, 1.54) is 23.5 Å². The van der Waals surface area contributed by atoms with Crippen LogP contribution < -0.4 is 5.32 Å². The lowest BCUT2D eigenvalue weighted by atomic mass is 9.92. The highest BCUT2D eigenvalue weighted by Crippen LogP contribution is 2.35. The average molecular weight is 575 g/mol. The Morgan fingerprint density at radius 1 is 0.974 bits per heavy atom. The van der Waals surface area contributed by atoms with Crippen molar-refractivity contribution >= 4 is 34.8 Å². The van der Waals surface area contributed by atoms with Crippen molar-refractivity contribution in [2.24, 2.45) is 0 Å². The van der Waals surface area contributed by atoms with Crippen molar-refractivity contribution in [2.45, 2.75) is 31.2 Å². The summed E-state index contributed by atoms with van der Waals surface area (Å²) in [6.07, 6.45) is -6.03. The number of carbonyl (C=O) groups excluding carboxylic acids is 1. The summed E-state index contributed by atoms with van der Waals surface area (Å²) >= 11 is 7.47. The molecule has 0 radical (unpaired) electrons. The number of aliphatic hydroxyl groups is 1. The first kappa shape index (κ1) is 28.3. The van der Waals surface area contributed by atoms with Gasteiger partial charge < -0.3 is 15.5 Å². The average Bonchev–Trinajstić information content (AvgIpc) is 3.37. The highest BCUT2D eigenvalue weighted by molar-refractivity contribution is 7.10. The normalized spacial score (nSPS) is 13.1. The summed E-state index contributed by atoms with van der Waals surface area (Å²) in [6, 6.07) is 18.8. The van der Waals surface area contributed by atoms with Gasteiger partial charge in [-0.3, -0.25) is 9.59 Å². The van der Waals surface area contributed by atoms with E-state index in [0.717, 1.165) is 28.3 Å². The molecule has 1 heterocycles. The van der Waals surface area contributed by atoms with Gasteiger partial charge in [0.2, 0.25) is 0 Å². The minimum Gasteiger partial charge on any atom is -0.481 e. The third-order valence-electron chi connectivity index (χ3n) is 5.92. The fourth-order valence-corrected chi connectivity index (χ4v) is 5.01. The third-order valence-corrected chi connectivity index (χ3v) is 7.13. The predicted octanol–water partition coefficient (Wildman–Crippen LogP) is 6.38. The largest absolute Gasteiger partial charge is 0.481 e. The molecule has 4 aromatic rings. The number of hydrogen-bond acceptors (Lipinski definition) is 5. The van der Waals surface area contributed by atoms with Crippen LogP contribution in [-0.4, -0.2) is 33.3 Å². The van der Waals surface area contributed by atoms with Gasteiger partial charge in [-0.2, -0.15) is 13.2 Å². The molecule has 0 bridgehead atoms. The van der Waals surface area contributed by atoms with Crippen LogP contribution in [0.2, 0.25) is 5.02 Å². The van der Waals surface area contributed by atoms with Crippen molar-refractivity contribution < 1.29 is 33.0 Å². The van der Waals surface area contributed by atoms with E-state index >= 15 is 0 Å². The van der Waals surface area contributed by atoms with Crippen LogP contribution >= 0.6 is 22.9 Å². The highest BCUT2D eigenvalue weighted by Gasteiger charge is 2.30. The molecule has 0 aliphatic rings. The van der Waals surface area contributed by atoms with Crippen molar-refractivity contribution in [2.75, 3.05) is 0 Å². The standard InChI is InChI=1S/C28H22ClF3N2O4S/c29-21-11-7-17(8-12-21)22(13-16-1-3-19(4-2-16)26(38)34-24(35)14-25(36)37)27-33-23(15-39-27)18-5-9-20(10-6-18)28(30,31)32/h1-12,15,22,24,35H,13-14H2,(H,34,38)(H,36,37). The third kappa shape index (κ3) is 7.44. The van der Waals surface area contributed by atoms with E-state index in [0.29, 0.717) is 22.7 Å². The number of nitrogens with zero attached hydrogens (tertiary/aromatic N) is 1. The molecule has 3 aromatic carbocycles. The zero-order valence-corrected chi connectivity index (χ0v) is 21.7. The minimum absolute atomic E-state index is 0.201. The first-order valence-electron chi connectivity index (χ1n) is 11.7. The second-order valence-electron chi connectivity index (χ2n) is 8.74. The fraction of sp³-hybridized carbons (Fsp3) is 0.179. The Morgan fingerprint density at radius 2 is 1.62 bits per heavy atom. The van der Waals surface area contributed by atoms with Crippen molar-refractivity contribution in [1.29, 1.82) is 0 Å². The van der Waals surface area contributed by atoms with E-state index in [9.17, 15) is 27.9 Å². The molecule has 1 aromatic heterocycles. The molecule has 1 amide bonds. The number of carboxylic acids is 1. The van der Waals surface area contributed by atoms with E-state index in [4.69, 9.17) is 21.7 Å². The van der Waals surface area contributed by atoms with E-state index in [2.05, 4.69) is 5.32 Å². The number of halogens is 4. The van der Waals surface area contributed by atoms with Crippen molar-refractivity contribution in [3.8, 4) is 11.3 Å². The summed E-state index contributed by atoms with van der Waals surface area (Å²) < 4.78 is 38.8. The maximum Gasteiger partial charge on any atom is 0.416 e. The quantitative estimate of drug-likeness (QED) is 0.201. The van der Waals surface area contributed by atoms with E-state index < -0.39 is 36.3 Å². The molecule has 0 fully saturated rings. The molecule has 4 rings (SSSR count). The van der Waals surface area contributed by atoms with Crippen molar-refractivity contribution in [3.05, 3.63) is 110 Å². The Kier molecular flexibility index (Phi) is 8.69. The van der Waals surface area contributed by atoms with E-state index in [1.54, 1.807) is 41.8 Å². The van der Waals surface area contributed by atoms with Gasteiger partial charge in [-0.05, 0) is 53.9 Å². The number of carboxylic acid groups (broad SMARTS) is 1. The summed E-state index contributed by atoms with van der Waals surface area (Å²) in [6.45, 7) is 0. The Morgan fingerprint density at radius 3 is 2.21 bits per heavy atom. The predicted molar refractivity (Wildman–Crippen MR) is 142 cm³/mol. The van der Waals surface area contributed by atoms with Gasteiger partial charge >= 0.3 is 12.1 Å². The van der Waals surface area contributed by atoms with Crippen LogP contribution in [0.4, 0.5) is 13.2 Å². The minimum atomic E-state index is -4.42. The first-order chi connectivity index (χ1) is 18.5. The van der Waals surface area contributed by atoms with Gasteiger partial charge in [0.05, 0.1) is 17.7 Å². The Balaban J connectivity index is 1.56. The second-order valence-corrected chi connectivity index (χ2v) is 10.1. The molecule has 11 heteroatoms. The number of aliphatic carboxylic acids is 1. The fourth-order valence-electron chi connectivity index (χ4n) is 3.93. The van der Waals surface area contributed by atoms with Crippen LogP contribution in [0.1, 0.15) is 44.4 Å². The van der Waals surface area contributed by atoms with Crippen LogP contribution in [-0.2, 0) is 17.4 Å². The van der Waals surface area contributed by atoms with Gasteiger partial charge in [-0.25, -0.2) is 4.98 Å². The molecule has 0 aliphatic heterocycles. The maximum absolute atomic E-state index is 12.9. The van der Waals surface area contributed by atoms with Crippen LogP contribution in [0.25, 0.3) is 11.3 Å². The number of benzene rings is 3. The topological polar surface area (TPSA) is 99.5 Å². The monoisotopic (exact) mass is 574 g/mol. The molecule has 39 heavy (non-hydrogen) atoms. The van der Waals surface area contributed by atoms with Gasteiger partial charge in [0.15, 0.2) is 0 Å². The van der Waals surface area contributed by atoms with Crippen LogP contribution in [0.5, 0.6) is 0 Å². The number of hydrogen-bond donors (Lipinski definition) is 3. The zero-order valence-electron chi connectivity index (χ0n) is 20.2. The molecule has 202 valence electrons. The van der Waals surface area contributed by atoms with Gasteiger partial charge in [-0.1, -0.05) is 48.0 Å². The van der Waals surface area contributed by atoms with Gasteiger partial charge in [0.25, 0.3) is 5.91 Å². The zero-order chi connectivity index (χ0) is 28.2. The smallest absolute Gasteiger partial charge is 0.416 e. The molecular weight excluding hydrogens is 553 g/mol. The second kappa shape index (κ2) is 12.0. The molecule has 2 unspecified atom stereocenters. The number of aliphatic hydroxyl groups excluding tert-OH is 1. The summed E-state index contributed by atoms with van der Waals surface area (Å²) in [4.78, 5) is 27.7. The van der Waals surface area contributed by atoms with Gasteiger partial charge in [0, 0.05) is 27.4 Å². The molecule has 2 atom stereocenters. The number of thiazole rings is 1. The lowest BCUT2D eigenvalue weighted by Crippen LogP contribution is -2.36. The molecule has 0 spiro atoms. The first-order valence-corrected chi connectivity index (χ1v) is 12.9. The lowest BCUT2D eigenvalue weighted by Gasteiger charge is -2.16. The number of aromatic nitrogens is 1. The molecule has 0 saturated heterocycles. The van der Waals surface area contributed by atoms with Crippen LogP contribution in [0.15, 0.2) is 78.2 Å². The SMILES string of the molecule is O=C(O)CC(O)NC(=O)c1ccc(CC(c2ccc(Cl)cc2)c2nc(-c3ccc(C(F)(F)F)cc3)cs2)cc1. The molecule has 3 N–H and O–H groups in total. The summed E-state index contributed by atoms with van der Waals surface area (Å²) in [5.74, 6) is -2.05. The number of rotatable bonds is 9. The van der Waals surface area contributed by atoms with E-state index in [1.807, 2.05) is 12.1 Å². The lowest BCUT2D eigenvalue weighted by molar-refractivity contribution is -0.139. The number of nitrogens with one attached hydrogen (secondary N) is 1. The molecule has 6 nitrogen and oxygen atoms in total. The Labute approximate surface area is 230 Å².